The van der Waals surface area contributed by atoms with Crippen LogP contribution in [-0.4, -0.2) is 32.8 Å². The van der Waals surface area contributed by atoms with Crippen molar-refractivity contribution in [1.29, 1.82) is 0 Å². The largest absolute Gasteiger partial charge is 0.486 e. The number of sulfonamides is 1. The number of ether oxygens (including phenoxy) is 1. The highest BCUT2D eigenvalue weighted by atomic mass is 35.5. The average molecular weight is 570 g/mol. The van der Waals surface area contributed by atoms with Gasteiger partial charge < -0.3 is 9.84 Å². The molecule has 0 spiro atoms. The van der Waals surface area contributed by atoms with Gasteiger partial charge in [-0.2, -0.15) is 13.2 Å². The van der Waals surface area contributed by atoms with E-state index in [-0.39, 0.29) is 35.2 Å². The Hall–Kier alpha value is -3.08. The van der Waals surface area contributed by atoms with Gasteiger partial charge >= 0.3 is 6.18 Å². The minimum atomic E-state index is -4.72. The maximum absolute atomic E-state index is 14.4. The molecule has 0 bridgehead atoms. The summed E-state index contributed by atoms with van der Waals surface area (Å²) in [5.41, 5.74) is 0.225. The highest BCUT2D eigenvalue weighted by Gasteiger charge is 2.37. The van der Waals surface area contributed by atoms with Gasteiger partial charge in [-0.25, -0.2) is 12.8 Å². The van der Waals surface area contributed by atoms with Crippen molar-refractivity contribution in [3.63, 3.8) is 0 Å². The number of benzene rings is 3. The predicted molar refractivity (Wildman–Crippen MR) is 138 cm³/mol. The highest BCUT2D eigenvalue weighted by Crippen LogP contribution is 2.40. The van der Waals surface area contributed by atoms with Crippen LogP contribution in [0, 0.1) is 5.82 Å². The van der Waals surface area contributed by atoms with Gasteiger partial charge in [0.25, 0.3) is 10.0 Å². The molecule has 0 amide bonds. The van der Waals surface area contributed by atoms with E-state index in [1.165, 1.54) is 18.2 Å². The molecule has 1 heterocycles. The number of aliphatic hydroxyl groups excluding tert-OH is 1. The van der Waals surface area contributed by atoms with Crippen LogP contribution in [0.1, 0.15) is 36.5 Å². The molecule has 3 aromatic rings. The Balaban J connectivity index is 1.80. The topological polar surface area (TPSA) is 66.8 Å². The number of fused-ring (bicyclic) bond motifs is 1. The second-order valence-corrected chi connectivity index (χ2v) is 11.1. The fourth-order valence-electron chi connectivity index (χ4n) is 4.27. The molecule has 4 rings (SSSR count). The van der Waals surface area contributed by atoms with Crippen molar-refractivity contribution < 1.29 is 35.8 Å². The van der Waals surface area contributed by atoms with Crippen LogP contribution in [0.2, 0.25) is 5.02 Å². The zero-order valence-electron chi connectivity index (χ0n) is 20.2. The first-order valence-corrected chi connectivity index (χ1v) is 13.5. The molecule has 202 valence electrons. The van der Waals surface area contributed by atoms with Crippen LogP contribution in [0.5, 0.6) is 5.75 Å². The number of alkyl halides is 3. The first kappa shape index (κ1) is 27.9. The monoisotopic (exact) mass is 569 g/mol. The molecule has 3 aromatic carbocycles. The second kappa shape index (κ2) is 11.0. The Kier molecular flexibility index (Phi) is 8.06. The van der Waals surface area contributed by atoms with Crippen molar-refractivity contribution in [2.24, 2.45) is 0 Å². The lowest BCUT2D eigenvalue weighted by Crippen LogP contribution is -2.43. The predicted octanol–water partition coefficient (Wildman–Crippen LogP) is 6.79. The number of anilines is 1. The summed E-state index contributed by atoms with van der Waals surface area (Å²) in [6, 6.07) is 12.6. The minimum Gasteiger partial charge on any atom is -0.486 e. The van der Waals surface area contributed by atoms with Gasteiger partial charge in [-0.15, -0.1) is 0 Å². The van der Waals surface area contributed by atoms with Gasteiger partial charge in [0.2, 0.25) is 0 Å². The Morgan fingerprint density at radius 2 is 1.89 bits per heavy atom. The van der Waals surface area contributed by atoms with E-state index in [0.29, 0.717) is 30.0 Å². The van der Waals surface area contributed by atoms with Crippen molar-refractivity contribution >= 4 is 39.0 Å². The van der Waals surface area contributed by atoms with E-state index in [1.54, 1.807) is 31.2 Å². The first-order valence-electron chi connectivity index (χ1n) is 11.7. The fourth-order valence-corrected chi connectivity index (χ4v) is 6.13. The van der Waals surface area contributed by atoms with Crippen molar-refractivity contribution in [1.82, 2.24) is 0 Å². The molecular formula is C27H24ClF4NO4S. The van der Waals surface area contributed by atoms with E-state index in [2.05, 4.69) is 0 Å². The van der Waals surface area contributed by atoms with Crippen molar-refractivity contribution in [2.45, 2.75) is 36.9 Å². The minimum absolute atomic E-state index is 0.129. The van der Waals surface area contributed by atoms with Crippen molar-refractivity contribution in [3.05, 3.63) is 88.2 Å². The van der Waals surface area contributed by atoms with Crippen molar-refractivity contribution in [2.75, 3.05) is 17.5 Å². The molecule has 5 nitrogen and oxygen atoms in total. The smallest absolute Gasteiger partial charge is 0.416 e. The van der Waals surface area contributed by atoms with Crippen LogP contribution < -0.4 is 9.04 Å². The van der Waals surface area contributed by atoms with Gasteiger partial charge in [0.15, 0.2) is 0 Å². The maximum Gasteiger partial charge on any atom is 0.416 e. The molecule has 0 saturated heterocycles. The molecule has 1 N–H and O–H groups in total. The summed E-state index contributed by atoms with van der Waals surface area (Å²) in [6.45, 7) is 1.36. The summed E-state index contributed by atoms with van der Waals surface area (Å²) in [4.78, 5) is -0.517. The van der Waals surface area contributed by atoms with Crippen LogP contribution in [0.25, 0.3) is 11.6 Å². The summed E-state index contributed by atoms with van der Waals surface area (Å²) in [5, 5.41) is 9.43. The Labute approximate surface area is 223 Å². The third-order valence-corrected chi connectivity index (χ3v) is 8.18. The zero-order chi connectivity index (χ0) is 27.7. The van der Waals surface area contributed by atoms with E-state index in [0.717, 1.165) is 22.5 Å². The lowest BCUT2D eigenvalue weighted by Gasteiger charge is -2.36. The molecule has 1 aliphatic rings. The Morgan fingerprint density at radius 3 is 2.58 bits per heavy atom. The third-order valence-electron chi connectivity index (χ3n) is 6.09. The van der Waals surface area contributed by atoms with Crippen LogP contribution in [-0.2, 0) is 16.2 Å². The summed E-state index contributed by atoms with van der Waals surface area (Å²) in [6.07, 6.45) is -3.05. The number of hydrogen-bond acceptors (Lipinski definition) is 4. The molecule has 0 fully saturated rings. The van der Waals surface area contributed by atoms with Crippen LogP contribution in [0.15, 0.2) is 65.6 Å². The normalized spacial score (nSPS) is 16.2. The van der Waals surface area contributed by atoms with Crippen molar-refractivity contribution in [3.8, 4) is 5.75 Å². The number of halogens is 5. The van der Waals surface area contributed by atoms with E-state index in [9.17, 15) is 31.1 Å². The molecule has 1 aliphatic heterocycles. The maximum atomic E-state index is 14.4. The van der Waals surface area contributed by atoms with E-state index < -0.39 is 38.6 Å². The van der Waals surface area contributed by atoms with Crippen LogP contribution in [0.3, 0.4) is 0 Å². The number of aliphatic hydroxyl groups is 1. The van der Waals surface area contributed by atoms with Crippen LogP contribution >= 0.6 is 11.6 Å². The summed E-state index contributed by atoms with van der Waals surface area (Å²) >= 11 is 6.17. The molecule has 0 saturated carbocycles. The highest BCUT2D eigenvalue weighted by molar-refractivity contribution is 7.92. The number of rotatable bonds is 7. The fraction of sp³-hybridized carbons (Fsp3) is 0.259. The summed E-state index contributed by atoms with van der Waals surface area (Å²) in [7, 11) is -4.44. The second-order valence-electron chi connectivity index (χ2n) is 8.82. The lowest BCUT2D eigenvalue weighted by atomic mass is 10.0. The third kappa shape index (κ3) is 5.82. The molecule has 38 heavy (non-hydrogen) atoms. The first-order chi connectivity index (χ1) is 17.9. The summed E-state index contributed by atoms with van der Waals surface area (Å²) < 4.78 is 88.7. The molecule has 1 unspecified atom stereocenters. The number of allylic oxidation sites excluding steroid dienone is 1. The Bertz CT molecular complexity index is 1450. The lowest BCUT2D eigenvalue weighted by molar-refractivity contribution is -0.137. The van der Waals surface area contributed by atoms with Gasteiger partial charge in [-0.3, -0.25) is 4.31 Å². The molecule has 11 heteroatoms. The van der Waals surface area contributed by atoms with E-state index in [4.69, 9.17) is 16.3 Å². The SMILES string of the molecule is CC(=Cc1ccc2c(c1)N(S(=O)(=O)c1cccc(C(F)(F)F)c1)CC(CCCO)O2)c1c(F)cccc1Cl. The Morgan fingerprint density at radius 1 is 1.16 bits per heavy atom. The number of hydrogen-bond donors (Lipinski definition) is 1. The molecule has 0 aromatic heterocycles. The quantitative estimate of drug-likeness (QED) is 0.251. The van der Waals surface area contributed by atoms with Gasteiger partial charge in [0.05, 0.1) is 27.7 Å². The van der Waals surface area contributed by atoms with Crippen LogP contribution in [0.4, 0.5) is 23.2 Å². The van der Waals surface area contributed by atoms with E-state index in [1.807, 2.05) is 0 Å². The molecule has 1 atom stereocenters. The van der Waals surface area contributed by atoms with Gasteiger partial charge in [0.1, 0.15) is 17.7 Å². The standard InChI is InChI=1S/C27H24ClF4NO4S/c1-17(26-22(28)8-3-9-23(26)29)13-18-10-11-25-24(14-18)33(16-20(37-25)6-4-12-34)38(35,36)21-7-2-5-19(15-21)27(30,31)32/h2-3,5,7-11,13-15,20,34H,4,6,12,16H2,1H3. The van der Waals surface area contributed by atoms with Gasteiger partial charge in [-0.1, -0.05) is 35.9 Å². The number of nitrogens with zero attached hydrogens (tertiary/aromatic N) is 1. The van der Waals surface area contributed by atoms with Gasteiger partial charge in [0, 0.05) is 12.2 Å². The summed E-state index contributed by atoms with van der Waals surface area (Å²) in [5.74, 6) is -0.304. The average Bonchev–Trinajstić information content (AvgIpc) is 2.86. The van der Waals surface area contributed by atoms with E-state index >= 15 is 0 Å². The molecule has 0 radical (unpaired) electrons. The zero-order valence-corrected chi connectivity index (χ0v) is 21.7. The van der Waals surface area contributed by atoms with Gasteiger partial charge in [-0.05, 0) is 73.4 Å². The molecule has 0 aliphatic carbocycles. The molecular weight excluding hydrogens is 546 g/mol.